The maximum Gasteiger partial charge on any atom is 0.326 e. The quantitative estimate of drug-likeness (QED) is 0.0153. The molecule has 0 radical (unpaired) electrons. The van der Waals surface area contributed by atoms with Gasteiger partial charge in [-0.15, -0.1) is 0 Å². The molecule has 3 aliphatic rings. The highest BCUT2D eigenvalue weighted by Crippen LogP contribution is 2.25. The Bertz CT molecular complexity index is 3370. The van der Waals surface area contributed by atoms with Gasteiger partial charge in [0, 0.05) is 45.4 Å². The molecule has 29 N–H and O–H groups in total. The van der Waals surface area contributed by atoms with Gasteiger partial charge in [0.15, 0.2) is 5.96 Å². The number of carbonyl (C=O) groups excluding carboxylic acids is 16. The van der Waals surface area contributed by atoms with Gasteiger partial charge in [0.05, 0.1) is 6.04 Å². The van der Waals surface area contributed by atoms with Gasteiger partial charge in [-0.1, -0.05) is 20.3 Å². The van der Waals surface area contributed by atoms with Crippen molar-refractivity contribution in [3.05, 3.63) is 0 Å². The second kappa shape index (κ2) is 49.9. The summed E-state index contributed by atoms with van der Waals surface area (Å²) in [6, 6.07) is -19.9. The summed E-state index contributed by atoms with van der Waals surface area (Å²) in [6.45, 7) is 9.29. The number of nitrogens with zero attached hydrogens (tertiary/aromatic N) is 3. The van der Waals surface area contributed by atoms with Crippen LogP contribution in [0.3, 0.4) is 0 Å². The summed E-state index contributed by atoms with van der Waals surface area (Å²) in [5.74, 6) is -16.8. The van der Waals surface area contributed by atoms with Crippen molar-refractivity contribution in [3.63, 3.8) is 0 Å². The van der Waals surface area contributed by atoms with Crippen molar-refractivity contribution in [1.82, 2.24) is 78.5 Å². The van der Waals surface area contributed by atoms with E-state index in [4.69, 9.17) is 45.5 Å². The summed E-state index contributed by atoms with van der Waals surface area (Å²) in [7, 11) is 0. The fraction of sp³-hybridized carbons (Fsp3) is 0.732. The number of primary amides is 2. The molecule has 0 aromatic heterocycles. The molecule has 0 aliphatic carbocycles. The Morgan fingerprint density at radius 3 is 1.18 bits per heavy atom. The zero-order valence-corrected chi connectivity index (χ0v) is 66.1. The van der Waals surface area contributed by atoms with E-state index in [2.05, 4.69) is 63.8 Å². The molecule has 0 aromatic carbocycles. The predicted molar refractivity (Wildman–Crippen MR) is 410 cm³/mol. The van der Waals surface area contributed by atoms with Gasteiger partial charge in [-0.05, 0) is 175 Å². The third-order valence-corrected chi connectivity index (χ3v) is 19.7. The molecule has 16 amide bonds. The number of unbranched alkanes of at least 4 members (excludes halogenated alkanes) is 3. The van der Waals surface area contributed by atoms with Crippen LogP contribution in [0.15, 0.2) is 0 Å². The molecule has 114 heavy (non-hydrogen) atoms. The standard InChI is InChI=1S/C71H123N23O20/c1-37(2)55(66(109)83-38(3)56(99)81-39(4)58(101)90-48(70(113)114)25-28-53(77)96)91-62(105)43(18-8-11-31-73)85-61(104)44(20-13-33-80-71(78)79)86-65(108)51-23-16-36-94(51)68(111)46(19-9-12-32-74)88-57(100)40(5)82-60(103)45(24-27-52(76)95)87-64(107)50-22-14-34-92(50)67(110)41(6)84-63(106)49-21-15-35-93(49)69(112)47(26-29-54(97)98)89-59(102)42(75)17-7-10-30-72/h37-51,55H,7-36,72-75H2,1-6H3,(H2,76,95)(H2,77,96)(H,81,99)(H,82,103)(H,83,109)(H,84,106)(H,85,104)(H,86,108)(H,87,107)(H,88,100)(H,89,102)(H,90,101)(H,91,105)(H,97,98)(H,113,114)(H4,78,79,80)/t38-,39-,40-,41-,42-,43-,44-,45-,46-,47-,48-,49-,50-,51-,55-/m0/s1. The molecule has 15 atom stereocenters. The van der Waals surface area contributed by atoms with Crippen molar-refractivity contribution in [3.8, 4) is 0 Å². The smallest absolute Gasteiger partial charge is 0.326 e. The molecule has 3 heterocycles. The summed E-state index contributed by atoms with van der Waals surface area (Å²) in [5, 5.41) is 57.3. The van der Waals surface area contributed by atoms with Crippen molar-refractivity contribution in [2.45, 2.75) is 280 Å². The van der Waals surface area contributed by atoms with Crippen LogP contribution in [-0.4, -0.2) is 274 Å². The largest absolute Gasteiger partial charge is 0.481 e. The van der Waals surface area contributed by atoms with E-state index < -0.39 is 222 Å². The fourth-order valence-corrected chi connectivity index (χ4v) is 13.1. The summed E-state index contributed by atoms with van der Waals surface area (Å²) >= 11 is 0. The zero-order valence-electron chi connectivity index (χ0n) is 66.1. The van der Waals surface area contributed by atoms with Crippen LogP contribution in [0.1, 0.15) is 189 Å². The molecule has 0 spiro atoms. The van der Waals surface area contributed by atoms with E-state index >= 15 is 0 Å². The Morgan fingerprint density at radius 2 is 0.728 bits per heavy atom. The van der Waals surface area contributed by atoms with Crippen LogP contribution in [-0.2, 0) is 86.3 Å². The molecule has 43 heteroatoms. The fourth-order valence-electron chi connectivity index (χ4n) is 13.1. The van der Waals surface area contributed by atoms with Crippen molar-refractivity contribution in [2.24, 2.45) is 46.1 Å². The molecule has 0 saturated carbocycles. The molecular formula is C71H123N23O20. The maximum atomic E-state index is 14.8. The molecule has 642 valence electrons. The van der Waals surface area contributed by atoms with E-state index in [-0.39, 0.29) is 136 Å². The van der Waals surface area contributed by atoms with E-state index in [0.29, 0.717) is 45.1 Å². The number of hydrogen-bond donors (Lipinski definition) is 22. The molecule has 0 bridgehead atoms. The number of carboxylic acids is 2. The first-order valence-electron chi connectivity index (χ1n) is 39.0. The molecule has 3 saturated heterocycles. The van der Waals surface area contributed by atoms with Crippen LogP contribution in [0, 0.1) is 11.3 Å². The number of rotatable bonds is 52. The lowest BCUT2D eigenvalue weighted by molar-refractivity contribution is -0.145. The Balaban J connectivity index is 1.79. The Kier molecular flexibility index (Phi) is 42.8. The monoisotopic (exact) mass is 1620 g/mol. The van der Waals surface area contributed by atoms with Gasteiger partial charge in [-0.25, -0.2) is 4.79 Å². The van der Waals surface area contributed by atoms with Crippen LogP contribution in [0.4, 0.5) is 0 Å². The number of nitrogens with two attached hydrogens (primary N) is 7. The predicted octanol–water partition coefficient (Wildman–Crippen LogP) is -7.51. The highest BCUT2D eigenvalue weighted by Gasteiger charge is 2.44. The van der Waals surface area contributed by atoms with Crippen LogP contribution >= 0.6 is 0 Å². The molecule has 0 aromatic rings. The minimum Gasteiger partial charge on any atom is -0.481 e. The van der Waals surface area contributed by atoms with Crippen molar-refractivity contribution >= 4 is 112 Å². The third kappa shape index (κ3) is 33.0. The van der Waals surface area contributed by atoms with Crippen LogP contribution in [0.25, 0.3) is 0 Å². The average Bonchev–Trinajstić information content (AvgIpc) is 1.59. The van der Waals surface area contributed by atoms with Crippen LogP contribution < -0.4 is 104 Å². The van der Waals surface area contributed by atoms with Crippen LogP contribution in [0.2, 0.25) is 0 Å². The Morgan fingerprint density at radius 1 is 0.377 bits per heavy atom. The highest BCUT2D eigenvalue weighted by molar-refractivity contribution is 6.01. The van der Waals surface area contributed by atoms with E-state index in [1.54, 1.807) is 13.8 Å². The van der Waals surface area contributed by atoms with Gasteiger partial charge in [-0.2, -0.15) is 0 Å². The van der Waals surface area contributed by atoms with Gasteiger partial charge in [0.1, 0.15) is 84.6 Å². The van der Waals surface area contributed by atoms with Crippen molar-refractivity contribution in [1.29, 1.82) is 5.41 Å². The van der Waals surface area contributed by atoms with Crippen molar-refractivity contribution in [2.75, 3.05) is 45.8 Å². The summed E-state index contributed by atoms with van der Waals surface area (Å²) < 4.78 is 0. The number of guanidine groups is 1. The molecule has 3 aliphatic heterocycles. The van der Waals surface area contributed by atoms with E-state index in [0.717, 1.165) is 0 Å². The van der Waals surface area contributed by atoms with Gasteiger partial charge in [0.25, 0.3) is 0 Å². The average molecular weight is 1620 g/mol. The number of carbonyl (C=O) groups is 18. The molecular weight excluding hydrogens is 1490 g/mol. The van der Waals surface area contributed by atoms with Gasteiger partial charge in [0.2, 0.25) is 94.5 Å². The number of amides is 16. The van der Waals surface area contributed by atoms with Crippen LogP contribution in [0.5, 0.6) is 0 Å². The normalized spacial score (nSPS) is 18.3. The lowest BCUT2D eigenvalue weighted by Crippen LogP contribution is -2.60. The first kappa shape index (κ1) is 97.8. The van der Waals surface area contributed by atoms with Gasteiger partial charge < -0.3 is 129 Å². The summed E-state index contributed by atoms with van der Waals surface area (Å²) in [4.78, 5) is 246. The third-order valence-electron chi connectivity index (χ3n) is 19.7. The maximum absolute atomic E-state index is 14.8. The Hall–Kier alpha value is -10.4. The van der Waals surface area contributed by atoms with Crippen molar-refractivity contribution < 1.29 is 96.5 Å². The number of aliphatic carboxylic acids is 2. The number of carboxylic acid groups (broad SMARTS) is 2. The SMILES string of the molecule is CC(C)[C@H](NC(=O)[C@H](CCCCN)NC(=O)[C@H](CCCNC(=N)N)NC(=O)[C@@H]1CCCN1C(=O)[C@H](CCCCN)NC(=O)[C@H](C)NC(=O)[C@H](CCC(N)=O)NC(=O)[C@@H]1CCCN1C(=O)[C@H](C)NC(=O)[C@@H]1CCCN1C(=O)[C@H](CCC(=O)O)NC(=O)[C@@H](N)CCCCN)C(=O)N[C@@H](C)C(=O)N[C@@H](C)C(=O)N[C@@H](CCC(N)=O)C(=O)O. The highest BCUT2D eigenvalue weighted by atomic mass is 16.4. The van der Waals surface area contributed by atoms with Gasteiger partial charge in [-0.3, -0.25) is 86.9 Å². The lowest BCUT2D eigenvalue weighted by Gasteiger charge is -2.31. The molecule has 3 rings (SSSR count). The first-order chi connectivity index (χ1) is 53.8. The molecule has 0 unspecified atom stereocenters. The summed E-state index contributed by atoms with van der Waals surface area (Å²) in [5.41, 5.74) is 39.4. The first-order valence-corrected chi connectivity index (χ1v) is 39.0. The number of hydrogen-bond acceptors (Lipinski definition) is 23. The zero-order chi connectivity index (χ0) is 85.6. The lowest BCUT2D eigenvalue weighted by atomic mass is 10.0. The van der Waals surface area contributed by atoms with E-state index in [1.807, 2.05) is 0 Å². The van der Waals surface area contributed by atoms with Gasteiger partial charge >= 0.3 is 11.9 Å². The summed E-state index contributed by atoms with van der Waals surface area (Å²) in [6.07, 6.45) is 1.66. The minimum absolute atomic E-state index is 0.00534. The number of nitrogens with one attached hydrogen (secondary N) is 13. The van der Waals surface area contributed by atoms with E-state index in [1.165, 1.54) is 42.4 Å². The molecule has 43 nitrogen and oxygen atoms in total. The molecule has 3 fully saturated rings. The second-order valence-electron chi connectivity index (χ2n) is 29.3. The minimum atomic E-state index is -1.54. The topological polar surface area (TPSA) is 708 Å². The second-order valence-corrected chi connectivity index (χ2v) is 29.3. The number of likely N-dealkylation sites (tertiary alicyclic amines) is 3. The van der Waals surface area contributed by atoms with E-state index in [9.17, 15) is 96.5 Å². The Labute approximate surface area is 662 Å².